The summed E-state index contributed by atoms with van der Waals surface area (Å²) in [6.07, 6.45) is 1.81. The lowest BCUT2D eigenvalue weighted by Gasteiger charge is -2.19. The van der Waals surface area contributed by atoms with E-state index in [0.29, 0.717) is 18.8 Å². The van der Waals surface area contributed by atoms with Gasteiger partial charge in [-0.3, -0.25) is 15.1 Å². The molecule has 8 nitrogen and oxygen atoms in total. The maximum absolute atomic E-state index is 12.9. The molecular formula is C33H37N3O5. The van der Waals surface area contributed by atoms with Gasteiger partial charge >= 0.3 is 12.1 Å². The summed E-state index contributed by atoms with van der Waals surface area (Å²) in [5, 5.41) is 2.73. The molecule has 0 radical (unpaired) electrons. The molecule has 1 fully saturated rings. The Labute approximate surface area is 241 Å². The minimum atomic E-state index is -0.661. The van der Waals surface area contributed by atoms with Crippen molar-refractivity contribution in [2.75, 3.05) is 26.9 Å². The van der Waals surface area contributed by atoms with E-state index < -0.39 is 17.6 Å². The second-order valence-electron chi connectivity index (χ2n) is 9.70. The summed E-state index contributed by atoms with van der Waals surface area (Å²) in [4.78, 5) is 29.5. The molecule has 3 aromatic carbocycles. The van der Waals surface area contributed by atoms with Crippen molar-refractivity contribution in [1.82, 2.24) is 5.32 Å². The van der Waals surface area contributed by atoms with Crippen LogP contribution in [0.2, 0.25) is 0 Å². The van der Waals surface area contributed by atoms with Gasteiger partial charge in [-0.1, -0.05) is 78.9 Å². The molecule has 3 N–H and O–H groups in total. The van der Waals surface area contributed by atoms with Gasteiger partial charge < -0.3 is 19.9 Å². The van der Waals surface area contributed by atoms with E-state index in [-0.39, 0.29) is 18.4 Å². The number of hydrogen-bond donors (Lipinski definition) is 2. The third kappa shape index (κ3) is 7.02. The first kappa shape index (κ1) is 29.6. The summed E-state index contributed by atoms with van der Waals surface area (Å²) in [6, 6.07) is 25.3. The van der Waals surface area contributed by atoms with Crippen LogP contribution >= 0.6 is 0 Å². The Kier molecular flexibility index (Phi) is 9.92. The predicted molar refractivity (Wildman–Crippen MR) is 160 cm³/mol. The van der Waals surface area contributed by atoms with Crippen molar-refractivity contribution in [2.24, 2.45) is 10.7 Å². The predicted octanol–water partition coefficient (Wildman–Crippen LogP) is 5.78. The van der Waals surface area contributed by atoms with Crippen molar-refractivity contribution >= 4 is 23.5 Å². The fraction of sp³-hybridized carbons (Fsp3) is 0.303. The van der Waals surface area contributed by atoms with E-state index in [1.807, 2.05) is 92.7 Å². The van der Waals surface area contributed by atoms with Gasteiger partial charge in [-0.05, 0) is 54.5 Å². The molecule has 1 saturated carbocycles. The molecular weight excluding hydrogens is 518 g/mol. The van der Waals surface area contributed by atoms with Crippen LogP contribution in [0, 0.1) is 0 Å². The summed E-state index contributed by atoms with van der Waals surface area (Å²) in [7, 11) is 1.58. The van der Waals surface area contributed by atoms with Gasteiger partial charge in [0.2, 0.25) is 0 Å². The standard InChI is InChI=1S/C33H37N3O5/c1-4-39-22-29(26-9-7-6-8-10-26)41-32(38)36-30(35-3)28(21-34)25-13-11-23(12-14-25)24-15-17-27(18-16-24)33(19-20-33)31(37)40-5-2/h6-18,21,29H,4-5,19-20,22,34H2,1-3H3,(H,35,36,38). The zero-order chi connectivity index (χ0) is 29.2. The number of aliphatic imine (C=N–C) groups is 1. The van der Waals surface area contributed by atoms with Crippen LogP contribution < -0.4 is 11.1 Å². The minimum Gasteiger partial charge on any atom is -0.465 e. The number of rotatable bonds is 11. The van der Waals surface area contributed by atoms with Crippen molar-refractivity contribution in [3.63, 3.8) is 0 Å². The molecule has 1 aliphatic rings. The third-order valence-corrected chi connectivity index (χ3v) is 7.14. The number of carbonyl (C=O) groups is 2. The van der Waals surface area contributed by atoms with Crippen LogP contribution in [0.3, 0.4) is 0 Å². The van der Waals surface area contributed by atoms with E-state index in [2.05, 4.69) is 10.3 Å². The zero-order valence-corrected chi connectivity index (χ0v) is 23.8. The van der Waals surface area contributed by atoms with Crippen LogP contribution in [0.5, 0.6) is 0 Å². The molecule has 41 heavy (non-hydrogen) atoms. The van der Waals surface area contributed by atoms with Crippen LogP contribution in [0.25, 0.3) is 16.7 Å². The van der Waals surface area contributed by atoms with Gasteiger partial charge in [0.15, 0.2) is 6.10 Å². The van der Waals surface area contributed by atoms with Crippen LogP contribution in [0.1, 0.15) is 49.5 Å². The molecule has 0 saturated heterocycles. The van der Waals surface area contributed by atoms with Crippen LogP contribution in [-0.2, 0) is 24.4 Å². The van der Waals surface area contributed by atoms with Gasteiger partial charge in [0.05, 0.1) is 18.6 Å². The van der Waals surface area contributed by atoms with E-state index >= 15 is 0 Å². The van der Waals surface area contributed by atoms with Crippen molar-refractivity contribution in [3.8, 4) is 11.1 Å². The molecule has 1 atom stereocenters. The number of hydrogen-bond acceptors (Lipinski definition) is 7. The van der Waals surface area contributed by atoms with E-state index in [1.54, 1.807) is 7.05 Å². The Morgan fingerprint density at radius 2 is 1.59 bits per heavy atom. The lowest BCUT2D eigenvalue weighted by Crippen LogP contribution is -2.34. The summed E-state index contributed by atoms with van der Waals surface area (Å²) in [6.45, 7) is 4.84. The Morgan fingerprint density at radius 3 is 2.12 bits per heavy atom. The molecule has 214 valence electrons. The van der Waals surface area contributed by atoms with E-state index in [0.717, 1.165) is 40.7 Å². The fourth-order valence-electron chi connectivity index (χ4n) is 4.73. The number of ether oxygens (including phenoxy) is 3. The first-order valence-electron chi connectivity index (χ1n) is 13.8. The smallest absolute Gasteiger partial charge is 0.413 e. The average molecular weight is 556 g/mol. The highest BCUT2D eigenvalue weighted by atomic mass is 16.6. The highest BCUT2D eigenvalue weighted by Gasteiger charge is 2.52. The summed E-state index contributed by atoms with van der Waals surface area (Å²) in [5.74, 6) is 0.139. The van der Waals surface area contributed by atoms with Gasteiger partial charge in [0.25, 0.3) is 0 Å². The number of alkyl carbamates (subject to hydrolysis) is 1. The van der Waals surface area contributed by atoms with Gasteiger partial charge in [-0.25, -0.2) is 4.79 Å². The quantitative estimate of drug-likeness (QED) is 0.176. The van der Waals surface area contributed by atoms with Crippen LogP contribution in [0.4, 0.5) is 4.79 Å². The SMILES string of the molecule is CCOCC(OC(=O)NC(=NC)C(=CN)c1ccc(-c2ccc(C3(C(=O)OCC)CC3)cc2)cc1)c1ccccc1. The zero-order valence-electron chi connectivity index (χ0n) is 23.8. The van der Waals surface area contributed by atoms with Gasteiger partial charge in [-0.2, -0.15) is 0 Å². The molecule has 0 aromatic heterocycles. The number of nitrogens with one attached hydrogen (secondary N) is 1. The van der Waals surface area contributed by atoms with Gasteiger partial charge in [0.1, 0.15) is 5.84 Å². The third-order valence-electron chi connectivity index (χ3n) is 7.14. The van der Waals surface area contributed by atoms with Crippen LogP contribution in [-0.4, -0.2) is 44.8 Å². The molecule has 8 heteroatoms. The maximum atomic E-state index is 12.9. The van der Waals surface area contributed by atoms with E-state index in [1.165, 1.54) is 6.20 Å². The highest BCUT2D eigenvalue weighted by Crippen LogP contribution is 2.49. The monoisotopic (exact) mass is 555 g/mol. The van der Waals surface area contributed by atoms with Gasteiger partial charge in [-0.15, -0.1) is 0 Å². The Balaban J connectivity index is 1.44. The summed E-state index contributed by atoms with van der Waals surface area (Å²) >= 11 is 0. The molecule has 0 bridgehead atoms. The minimum absolute atomic E-state index is 0.144. The first-order valence-corrected chi connectivity index (χ1v) is 13.8. The van der Waals surface area contributed by atoms with Crippen molar-refractivity contribution in [3.05, 3.63) is 102 Å². The number of esters is 1. The number of amides is 1. The van der Waals surface area contributed by atoms with Crippen molar-refractivity contribution < 1.29 is 23.8 Å². The number of amidine groups is 1. The average Bonchev–Trinajstić information content (AvgIpc) is 3.82. The van der Waals surface area contributed by atoms with Gasteiger partial charge in [0, 0.05) is 25.4 Å². The Morgan fingerprint density at radius 1 is 0.951 bits per heavy atom. The van der Waals surface area contributed by atoms with E-state index in [9.17, 15) is 9.59 Å². The number of carbonyl (C=O) groups excluding carboxylic acids is 2. The topological polar surface area (TPSA) is 112 Å². The molecule has 1 aliphatic carbocycles. The molecule has 0 heterocycles. The molecule has 1 amide bonds. The molecule has 4 rings (SSSR count). The summed E-state index contributed by atoms with van der Waals surface area (Å²) < 4.78 is 16.5. The molecule has 0 aliphatic heterocycles. The lowest BCUT2D eigenvalue weighted by molar-refractivity contribution is -0.146. The second-order valence-corrected chi connectivity index (χ2v) is 9.70. The fourth-order valence-corrected chi connectivity index (χ4v) is 4.73. The van der Waals surface area contributed by atoms with Crippen molar-refractivity contribution in [1.29, 1.82) is 0 Å². The first-order chi connectivity index (χ1) is 19.9. The molecule has 3 aromatic rings. The highest BCUT2D eigenvalue weighted by molar-refractivity contribution is 6.26. The van der Waals surface area contributed by atoms with E-state index in [4.69, 9.17) is 19.9 Å². The van der Waals surface area contributed by atoms with Crippen LogP contribution in [0.15, 0.2) is 90.1 Å². The molecule has 0 spiro atoms. The number of nitrogens with two attached hydrogens (primary N) is 1. The lowest BCUT2D eigenvalue weighted by atomic mass is 9.93. The number of nitrogens with zero attached hydrogens (tertiary/aromatic N) is 1. The van der Waals surface area contributed by atoms with Crippen molar-refractivity contribution in [2.45, 2.75) is 38.2 Å². The number of benzene rings is 3. The second kappa shape index (κ2) is 13.8. The Bertz CT molecular complexity index is 1380. The Hall–Kier alpha value is -4.43. The maximum Gasteiger partial charge on any atom is 0.413 e. The largest absolute Gasteiger partial charge is 0.465 e. The summed E-state index contributed by atoms with van der Waals surface area (Å²) in [5.41, 5.74) is 10.7. The molecule has 1 unspecified atom stereocenters. The normalized spacial score (nSPS) is 15.1.